The van der Waals surface area contributed by atoms with Gasteiger partial charge in [0.2, 0.25) is 0 Å². The first-order chi connectivity index (χ1) is 13.5. The lowest BCUT2D eigenvalue weighted by molar-refractivity contribution is 0.0659. The van der Waals surface area contributed by atoms with E-state index in [1.54, 1.807) is 6.07 Å². The molecule has 0 bridgehead atoms. The lowest BCUT2D eigenvalue weighted by Crippen LogP contribution is -2.39. The number of carbonyl (C=O) groups excluding carboxylic acids is 1. The van der Waals surface area contributed by atoms with E-state index in [-0.39, 0.29) is 17.1 Å². The molecule has 1 aliphatic heterocycles. The summed E-state index contributed by atoms with van der Waals surface area (Å²) < 4.78 is 5.90. The molecule has 0 N–H and O–H groups in total. The lowest BCUT2D eigenvalue weighted by atomic mass is 9.90. The van der Waals surface area contributed by atoms with Gasteiger partial charge in [-0.3, -0.25) is 9.59 Å². The second-order valence-electron chi connectivity index (χ2n) is 7.78. The molecule has 0 aliphatic carbocycles. The number of nitrogens with zero attached hydrogens (tertiary/aromatic N) is 1. The quantitative estimate of drug-likeness (QED) is 0.677. The first-order valence-corrected chi connectivity index (χ1v) is 9.90. The molecule has 3 aromatic rings. The van der Waals surface area contributed by atoms with Gasteiger partial charge in [0.25, 0.3) is 5.91 Å². The zero-order valence-electron chi connectivity index (χ0n) is 16.4. The molecule has 1 aliphatic rings. The van der Waals surface area contributed by atoms with E-state index in [0.29, 0.717) is 30.0 Å². The molecule has 4 nitrogen and oxygen atoms in total. The molecular formula is C24H25NO3. The third kappa shape index (κ3) is 3.59. The summed E-state index contributed by atoms with van der Waals surface area (Å²) in [4.78, 5) is 27.2. The summed E-state index contributed by atoms with van der Waals surface area (Å²) in [5.74, 6) is 0.547. The van der Waals surface area contributed by atoms with Gasteiger partial charge in [-0.05, 0) is 61.8 Å². The molecule has 0 radical (unpaired) electrons. The van der Waals surface area contributed by atoms with Gasteiger partial charge in [0, 0.05) is 19.2 Å². The van der Waals surface area contributed by atoms with E-state index in [1.807, 2.05) is 30.9 Å². The monoisotopic (exact) mass is 375 g/mol. The molecule has 1 amide bonds. The van der Waals surface area contributed by atoms with E-state index in [2.05, 4.69) is 24.3 Å². The van der Waals surface area contributed by atoms with Crippen molar-refractivity contribution in [1.82, 2.24) is 4.90 Å². The average molecular weight is 375 g/mol. The number of hydrogen-bond acceptors (Lipinski definition) is 3. The van der Waals surface area contributed by atoms with E-state index in [9.17, 15) is 9.59 Å². The molecule has 2 aromatic carbocycles. The lowest BCUT2D eigenvalue weighted by Gasteiger charge is -2.31. The smallest absolute Gasteiger partial charge is 0.289 e. The fraction of sp³-hybridized carbons (Fsp3) is 0.333. The average Bonchev–Trinajstić information content (AvgIpc) is 2.72. The molecule has 1 aromatic heterocycles. The van der Waals surface area contributed by atoms with Crippen LogP contribution >= 0.6 is 0 Å². The Kier molecular flexibility index (Phi) is 5.03. The highest BCUT2D eigenvalue weighted by Gasteiger charge is 2.26. The number of amides is 1. The highest BCUT2D eigenvalue weighted by Crippen LogP contribution is 2.24. The first kappa shape index (κ1) is 18.5. The van der Waals surface area contributed by atoms with Crippen LogP contribution in [-0.2, 0) is 6.42 Å². The number of hydrogen-bond donors (Lipinski definition) is 0. The molecule has 4 rings (SSSR count). The summed E-state index contributed by atoms with van der Waals surface area (Å²) in [5.41, 5.74) is 3.66. The van der Waals surface area contributed by atoms with Crippen molar-refractivity contribution >= 4 is 16.9 Å². The maximum atomic E-state index is 13.0. The summed E-state index contributed by atoms with van der Waals surface area (Å²) in [6, 6.07) is 15.5. The minimum atomic E-state index is -0.182. The Morgan fingerprint density at radius 2 is 1.79 bits per heavy atom. The van der Waals surface area contributed by atoms with Gasteiger partial charge < -0.3 is 9.32 Å². The Balaban J connectivity index is 1.50. The van der Waals surface area contributed by atoms with Crippen molar-refractivity contribution in [3.8, 4) is 0 Å². The van der Waals surface area contributed by atoms with Crippen LogP contribution < -0.4 is 5.43 Å². The molecule has 28 heavy (non-hydrogen) atoms. The number of piperidine rings is 1. The minimum Gasteiger partial charge on any atom is -0.450 e. The SMILES string of the molecule is Cc1ccc2c(=O)cc(C(=O)N3CCC(Cc4ccccc4)CC3)oc2c1C. The number of benzene rings is 2. The Morgan fingerprint density at radius 3 is 2.50 bits per heavy atom. The molecule has 144 valence electrons. The van der Waals surface area contributed by atoms with Crippen molar-refractivity contribution in [3.05, 3.63) is 81.2 Å². The Hall–Kier alpha value is -2.88. The first-order valence-electron chi connectivity index (χ1n) is 9.90. The standard InChI is InChI=1S/C24H25NO3/c1-16-8-9-20-21(26)15-22(28-23(20)17(16)2)24(27)25-12-10-19(11-13-25)14-18-6-4-3-5-7-18/h3-9,15,19H,10-14H2,1-2H3. The van der Waals surface area contributed by atoms with Gasteiger partial charge >= 0.3 is 0 Å². The van der Waals surface area contributed by atoms with Gasteiger partial charge in [-0.1, -0.05) is 36.4 Å². The van der Waals surface area contributed by atoms with Crippen LogP contribution in [-0.4, -0.2) is 23.9 Å². The summed E-state index contributed by atoms with van der Waals surface area (Å²) >= 11 is 0. The van der Waals surface area contributed by atoms with Crippen molar-refractivity contribution in [2.45, 2.75) is 33.1 Å². The summed E-state index contributed by atoms with van der Waals surface area (Å²) in [5, 5.41) is 0.529. The molecule has 0 atom stereocenters. The van der Waals surface area contributed by atoms with Crippen molar-refractivity contribution in [3.63, 3.8) is 0 Å². The maximum absolute atomic E-state index is 13.0. The number of fused-ring (bicyclic) bond motifs is 1. The highest BCUT2D eigenvalue weighted by atomic mass is 16.3. The van der Waals surface area contributed by atoms with Gasteiger partial charge in [-0.2, -0.15) is 0 Å². The van der Waals surface area contributed by atoms with Crippen molar-refractivity contribution in [1.29, 1.82) is 0 Å². The van der Waals surface area contributed by atoms with E-state index < -0.39 is 0 Å². The van der Waals surface area contributed by atoms with Crippen LogP contribution in [0.4, 0.5) is 0 Å². The predicted octanol–water partition coefficient (Wildman–Crippen LogP) is 4.50. The van der Waals surface area contributed by atoms with E-state index in [1.165, 1.54) is 11.6 Å². The maximum Gasteiger partial charge on any atom is 0.289 e. The molecule has 1 fully saturated rings. The Bertz CT molecular complexity index is 1060. The van der Waals surface area contributed by atoms with Gasteiger partial charge in [0.15, 0.2) is 11.2 Å². The minimum absolute atomic E-state index is 0.146. The van der Waals surface area contributed by atoms with Gasteiger partial charge in [-0.25, -0.2) is 0 Å². The molecule has 2 heterocycles. The summed E-state index contributed by atoms with van der Waals surface area (Å²) in [6.07, 6.45) is 2.99. The van der Waals surface area contributed by atoms with Gasteiger partial charge in [0.1, 0.15) is 5.58 Å². The van der Waals surface area contributed by atoms with Gasteiger partial charge in [-0.15, -0.1) is 0 Å². The van der Waals surface area contributed by atoms with E-state index in [0.717, 1.165) is 30.4 Å². The van der Waals surface area contributed by atoms with Crippen LogP contribution in [0.3, 0.4) is 0 Å². The second kappa shape index (κ2) is 7.63. The van der Waals surface area contributed by atoms with E-state index >= 15 is 0 Å². The third-order valence-electron chi connectivity index (χ3n) is 5.90. The number of carbonyl (C=O) groups is 1. The van der Waals surface area contributed by atoms with E-state index in [4.69, 9.17) is 4.42 Å². The van der Waals surface area contributed by atoms with Crippen LogP contribution in [0.15, 0.2) is 57.7 Å². The van der Waals surface area contributed by atoms with Crippen LogP contribution in [0.2, 0.25) is 0 Å². The fourth-order valence-corrected chi connectivity index (χ4v) is 4.00. The van der Waals surface area contributed by atoms with Crippen molar-refractivity contribution < 1.29 is 9.21 Å². The molecule has 4 heteroatoms. The normalized spacial score (nSPS) is 15.1. The van der Waals surface area contributed by atoms with Crippen LogP contribution in [0.1, 0.15) is 40.1 Å². The fourth-order valence-electron chi connectivity index (χ4n) is 4.00. The topological polar surface area (TPSA) is 50.5 Å². The number of rotatable bonds is 3. The molecule has 0 saturated carbocycles. The molecule has 1 saturated heterocycles. The van der Waals surface area contributed by atoms with Crippen molar-refractivity contribution in [2.24, 2.45) is 5.92 Å². The number of aryl methyl sites for hydroxylation is 2. The second-order valence-corrected chi connectivity index (χ2v) is 7.78. The molecule has 0 unspecified atom stereocenters. The summed E-state index contributed by atoms with van der Waals surface area (Å²) in [7, 11) is 0. The van der Waals surface area contributed by atoms with Crippen LogP contribution in [0, 0.1) is 19.8 Å². The zero-order chi connectivity index (χ0) is 19.7. The Morgan fingerprint density at radius 1 is 1.07 bits per heavy atom. The molecule has 0 spiro atoms. The van der Waals surface area contributed by atoms with Gasteiger partial charge in [0.05, 0.1) is 5.39 Å². The molecular weight excluding hydrogens is 350 g/mol. The van der Waals surface area contributed by atoms with Crippen LogP contribution in [0.5, 0.6) is 0 Å². The predicted molar refractivity (Wildman–Crippen MR) is 111 cm³/mol. The largest absolute Gasteiger partial charge is 0.450 e. The Labute approximate surface area is 164 Å². The third-order valence-corrected chi connectivity index (χ3v) is 5.90. The summed E-state index contributed by atoms with van der Waals surface area (Å²) in [6.45, 7) is 5.29. The number of likely N-dealkylation sites (tertiary alicyclic amines) is 1. The van der Waals surface area contributed by atoms with Crippen LogP contribution in [0.25, 0.3) is 11.0 Å². The highest BCUT2D eigenvalue weighted by molar-refractivity contribution is 5.93. The van der Waals surface area contributed by atoms with Crippen molar-refractivity contribution in [2.75, 3.05) is 13.1 Å². The zero-order valence-corrected chi connectivity index (χ0v) is 16.4.